The van der Waals surface area contributed by atoms with Crippen LogP contribution in [-0.2, 0) is 0 Å². The van der Waals surface area contributed by atoms with Gasteiger partial charge in [-0.05, 0) is 38.1 Å². The van der Waals surface area contributed by atoms with Gasteiger partial charge in [-0.15, -0.1) is 0 Å². The third-order valence-corrected chi connectivity index (χ3v) is 3.57. The molecule has 0 unspecified atom stereocenters. The van der Waals surface area contributed by atoms with E-state index >= 15 is 0 Å². The molecule has 2 nitrogen and oxygen atoms in total. The van der Waals surface area contributed by atoms with Crippen molar-refractivity contribution in [2.75, 3.05) is 13.6 Å². The summed E-state index contributed by atoms with van der Waals surface area (Å²) < 4.78 is 26.5. The molecule has 1 fully saturated rings. The van der Waals surface area contributed by atoms with Crippen LogP contribution in [0, 0.1) is 11.6 Å². The summed E-state index contributed by atoms with van der Waals surface area (Å²) in [6.45, 7) is 0.144. The maximum Gasteiger partial charge on any atom is 0.179 e. The zero-order valence-corrected chi connectivity index (χ0v) is 10.5. The molecule has 0 heterocycles. The van der Waals surface area contributed by atoms with Crippen molar-refractivity contribution in [3.63, 3.8) is 0 Å². The summed E-state index contributed by atoms with van der Waals surface area (Å²) >= 11 is 0. The van der Waals surface area contributed by atoms with Crippen LogP contribution in [-0.4, -0.2) is 30.3 Å². The van der Waals surface area contributed by atoms with Crippen LogP contribution < -0.4 is 0 Å². The summed E-state index contributed by atoms with van der Waals surface area (Å²) in [6.07, 6.45) is 4.51. The number of carbonyl (C=O) groups is 1. The number of hydrogen-bond donors (Lipinski definition) is 0. The van der Waals surface area contributed by atoms with Crippen LogP contribution in [0.1, 0.15) is 36.0 Å². The maximum atomic E-state index is 13.4. The number of rotatable bonds is 4. The van der Waals surface area contributed by atoms with Crippen LogP contribution in [0.5, 0.6) is 0 Å². The van der Waals surface area contributed by atoms with Gasteiger partial charge in [0.2, 0.25) is 0 Å². The molecular weight excluding hydrogens is 236 g/mol. The average Bonchev–Trinajstić information content (AvgIpc) is 2.85. The van der Waals surface area contributed by atoms with Gasteiger partial charge in [0, 0.05) is 6.04 Å². The van der Waals surface area contributed by atoms with Crippen LogP contribution in [0.3, 0.4) is 0 Å². The molecule has 0 amide bonds. The van der Waals surface area contributed by atoms with Crippen LogP contribution in [0.2, 0.25) is 0 Å². The second-order valence-electron chi connectivity index (χ2n) is 4.90. The Balaban J connectivity index is 2.04. The molecule has 0 aliphatic heterocycles. The summed E-state index contributed by atoms with van der Waals surface area (Å²) in [7, 11) is 1.87. The summed E-state index contributed by atoms with van der Waals surface area (Å²) in [4.78, 5) is 13.9. The lowest BCUT2D eigenvalue weighted by Crippen LogP contribution is -2.34. The predicted octanol–water partition coefficient (Wildman–Crippen LogP) is 3.02. The SMILES string of the molecule is CN(CC(=O)c1cc(F)ccc1F)C1CCCC1. The molecular formula is C14H17F2NO. The van der Waals surface area contributed by atoms with E-state index in [9.17, 15) is 13.6 Å². The summed E-state index contributed by atoms with van der Waals surface area (Å²) in [5.74, 6) is -1.59. The van der Waals surface area contributed by atoms with Gasteiger partial charge in [0.05, 0.1) is 12.1 Å². The zero-order chi connectivity index (χ0) is 13.1. The first kappa shape index (κ1) is 13.1. The number of hydrogen-bond acceptors (Lipinski definition) is 2. The standard InChI is InChI=1S/C14H17F2NO/c1-17(11-4-2-3-5-11)9-14(18)12-8-10(15)6-7-13(12)16/h6-8,11H,2-5,9H2,1H3. The largest absolute Gasteiger partial charge is 0.296 e. The van der Waals surface area contributed by atoms with Gasteiger partial charge in [-0.25, -0.2) is 8.78 Å². The summed E-state index contributed by atoms with van der Waals surface area (Å²) in [6, 6.07) is 3.39. The molecule has 98 valence electrons. The zero-order valence-electron chi connectivity index (χ0n) is 10.5. The van der Waals surface area contributed by atoms with Crippen molar-refractivity contribution in [1.82, 2.24) is 4.90 Å². The predicted molar refractivity (Wildman–Crippen MR) is 65.6 cm³/mol. The van der Waals surface area contributed by atoms with Crippen LogP contribution in [0.25, 0.3) is 0 Å². The molecule has 1 aliphatic carbocycles. The van der Waals surface area contributed by atoms with Crippen LogP contribution in [0.15, 0.2) is 18.2 Å². The third-order valence-electron chi connectivity index (χ3n) is 3.57. The van der Waals surface area contributed by atoms with E-state index < -0.39 is 11.6 Å². The number of nitrogens with zero attached hydrogens (tertiary/aromatic N) is 1. The highest BCUT2D eigenvalue weighted by atomic mass is 19.1. The Bertz CT molecular complexity index is 441. The van der Waals surface area contributed by atoms with Crippen molar-refractivity contribution in [3.8, 4) is 0 Å². The Morgan fingerprint density at radius 3 is 2.67 bits per heavy atom. The fourth-order valence-electron chi connectivity index (χ4n) is 2.50. The first-order valence-electron chi connectivity index (χ1n) is 6.26. The van der Waals surface area contributed by atoms with Gasteiger partial charge < -0.3 is 0 Å². The molecule has 1 aromatic rings. The van der Waals surface area contributed by atoms with Gasteiger partial charge in [0.1, 0.15) is 11.6 Å². The number of likely N-dealkylation sites (N-methyl/N-ethyl adjacent to an activating group) is 1. The highest BCUT2D eigenvalue weighted by Gasteiger charge is 2.22. The lowest BCUT2D eigenvalue weighted by atomic mass is 10.1. The van der Waals surface area contributed by atoms with Gasteiger partial charge in [-0.2, -0.15) is 0 Å². The summed E-state index contributed by atoms with van der Waals surface area (Å²) in [5, 5.41) is 0. The van der Waals surface area contributed by atoms with Gasteiger partial charge in [0.25, 0.3) is 0 Å². The van der Waals surface area contributed by atoms with E-state index in [0.29, 0.717) is 6.04 Å². The quantitative estimate of drug-likeness (QED) is 0.769. The van der Waals surface area contributed by atoms with E-state index in [0.717, 1.165) is 31.0 Å². The Morgan fingerprint density at radius 2 is 2.00 bits per heavy atom. The highest BCUT2D eigenvalue weighted by Crippen LogP contribution is 2.22. The van der Waals surface area contributed by atoms with Gasteiger partial charge in [0.15, 0.2) is 5.78 Å². The second-order valence-corrected chi connectivity index (χ2v) is 4.90. The minimum atomic E-state index is -0.652. The maximum absolute atomic E-state index is 13.4. The molecule has 1 aliphatic rings. The lowest BCUT2D eigenvalue weighted by molar-refractivity contribution is 0.0916. The van der Waals surface area contributed by atoms with Crippen LogP contribution >= 0.6 is 0 Å². The van der Waals surface area contributed by atoms with Crippen molar-refractivity contribution in [3.05, 3.63) is 35.4 Å². The third kappa shape index (κ3) is 2.93. The number of halogens is 2. The van der Waals surface area contributed by atoms with Crippen molar-refractivity contribution in [2.45, 2.75) is 31.7 Å². The Morgan fingerprint density at radius 1 is 1.33 bits per heavy atom. The molecule has 0 N–H and O–H groups in total. The monoisotopic (exact) mass is 253 g/mol. The van der Waals surface area contributed by atoms with Crippen molar-refractivity contribution < 1.29 is 13.6 Å². The first-order valence-corrected chi connectivity index (χ1v) is 6.26. The average molecular weight is 253 g/mol. The molecule has 0 atom stereocenters. The molecule has 1 saturated carbocycles. The lowest BCUT2D eigenvalue weighted by Gasteiger charge is -2.23. The highest BCUT2D eigenvalue weighted by molar-refractivity contribution is 5.97. The number of ketones is 1. The second kappa shape index (κ2) is 5.57. The fourth-order valence-corrected chi connectivity index (χ4v) is 2.50. The summed E-state index contributed by atoms with van der Waals surface area (Å²) in [5.41, 5.74) is -0.153. The van der Waals surface area contributed by atoms with Gasteiger partial charge in [-0.3, -0.25) is 9.69 Å². The number of benzene rings is 1. The van der Waals surface area contributed by atoms with E-state index in [1.807, 2.05) is 11.9 Å². The van der Waals surface area contributed by atoms with E-state index in [4.69, 9.17) is 0 Å². The Hall–Kier alpha value is -1.29. The topological polar surface area (TPSA) is 20.3 Å². The van der Waals surface area contributed by atoms with Crippen molar-refractivity contribution in [2.24, 2.45) is 0 Å². The molecule has 0 bridgehead atoms. The Kier molecular flexibility index (Phi) is 4.07. The van der Waals surface area contributed by atoms with E-state index in [1.165, 1.54) is 12.8 Å². The molecule has 0 radical (unpaired) electrons. The van der Waals surface area contributed by atoms with E-state index in [2.05, 4.69) is 0 Å². The molecule has 2 rings (SSSR count). The van der Waals surface area contributed by atoms with E-state index in [-0.39, 0.29) is 17.9 Å². The molecule has 0 spiro atoms. The van der Waals surface area contributed by atoms with Gasteiger partial charge in [-0.1, -0.05) is 12.8 Å². The van der Waals surface area contributed by atoms with Crippen molar-refractivity contribution in [1.29, 1.82) is 0 Å². The molecule has 0 saturated heterocycles. The minimum Gasteiger partial charge on any atom is -0.296 e. The fraction of sp³-hybridized carbons (Fsp3) is 0.500. The molecule has 18 heavy (non-hydrogen) atoms. The molecule has 1 aromatic carbocycles. The van der Waals surface area contributed by atoms with Gasteiger partial charge >= 0.3 is 0 Å². The molecule has 4 heteroatoms. The van der Waals surface area contributed by atoms with Crippen molar-refractivity contribution >= 4 is 5.78 Å². The number of carbonyl (C=O) groups excluding carboxylic acids is 1. The normalized spacial score (nSPS) is 16.4. The van der Waals surface area contributed by atoms with E-state index in [1.54, 1.807) is 0 Å². The number of Topliss-reactive ketones (excluding diaryl/α,β-unsaturated/α-hetero) is 1. The van der Waals surface area contributed by atoms with Crippen LogP contribution in [0.4, 0.5) is 8.78 Å². The smallest absolute Gasteiger partial charge is 0.179 e. The molecule has 0 aromatic heterocycles. The minimum absolute atomic E-state index is 0.144. The Labute approximate surface area is 106 Å². The first-order chi connectivity index (χ1) is 8.58.